The highest BCUT2D eigenvalue weighted by Crippen LogP contribution is 2.34. The van der Waals surface area contributed by atoms with Crippen molar-refractivity contribution in [1.82, 2.24) is 14.8 Å². The van der Waals surface area contributed by atoms with E-state index in [0.717, 1.165) is 0 Å². The van der Waals surface area contributed by atoms with E-state index in [0.29, 0.717) is 22.4 Å². The van der Waals surface area contributed by atoms with Gasteiger partial charge in [0.05, 0.1) is 16.6 Å². The monoisotopic (exact) mass is 357 g/mol. The van der Waals surface area contributed by atoms with E-state index in [1.807, 2.05) is 0 Å². The second kappa shape index (κ2) is 6.11. The van der Waals surface area contributed by atoms with Crippen LogP contribution >= 0.6 is 0 Å². The summed E-state index contributed by atoms with van der Waals surface area (Å²) in [6.45, 7) is 0. The van der Waals surface area contributed by atoms with Crippen molar-refractivity contribution in [3.05, 3.63) is 54.5 Å². The molecule has 0 spiro atoms. The average Bonchev–Trinajstić information content (AvgIpc) is 2.92. The first-order valence-electron chi connectivity index (χ1n) is 7.11. The Morgan fingerprint density at radius 1 is 1.08 bits per heavy atom. The molecule has 9 heteroatoms. The van der Waals surface area contributed by atoms with Crippen LogP contribution in [0.4, 0.5) is 0 Å². The standard InChI is InChI=1S/C16H14N4O4S/c1-20-15(16(21)22)13(10-6-8-18-9-7-10)14(19-20)11-2-4-12(5-3-11)25(17,23)24/h2-9H,1H3,(H,21,22)(H2,17,23,24)/p-1. The summed E-state index contributed by atoms with van der Waals surface area (Å²) in [6.07, 6.45) is 3.07. The molecule has 2 aromatic heterocycles. The number of aromatic nitrogens is 3. The zero-order valence-electron chi connectivity index (χ0n) is 13.1. The number of carboxylic acid groups (broad SMARTS) is 1. The third-order valence-electron chi connectivity index (χ3n) is 3.67. The van der Waals surface area contributed by atoms with Crippen LogP contribution in [0.25, 0.3) is 22.4 Å². The van der Waals surface area contributed by atoms with Gasteiger partial charge in [-0.1, -0.05) is 12.1 Å². The summed E-state index contributed by atoms with van der Waals surface area (Å²) in [4.78, 5) is 15.4. The number of primary sulfonamides is 1. The summed E-state index contributed by atoms with van der Waals surface area (Å²) in [5.41, 5.74) is 1.81. The maximum absolute atomic E-state index is 11.6. The van der Waals surface area contributed by atoms with Crippen LogP contribution in [0.2, 0.25) is 0 Å². The summed E-state index contributed by atoms with van der Waals surface area (Å²) >= 11 is 0. The van der Waals surface area contributed by atoms with Gasteiger partial charge in [-0.15, -0.1) is 0 Å². The number of hydrogen-bond donors (Lipinski definition) is 1. The van der Waals surface area contributed by atoms with Crippen molar-refractivity contribution in [2.45, 2.75) is 4.90 Å². The normalized spacial score (nSPS) is 11.4. The quantitative estimate of drug-likeness (QED) is 0.707. The van der Waals surface area contributed by atoms with Gasteiger partial charge in [0.15, 0.2) is 0 Å². The molecule has 128 valence electrons. The molecule has 0 unspecified atom stereocenters. The van der Waals surface area contributed by atoms with Crippen molar-refractivity contribution in [3.8, 4) is 22.4 Å². The molecule has 0 radical (unpaired) electrons. The number of rotatable bonds is 4. The minimum Gasteiger partial charge on any atom is -0.543 e. The Balaban J connectivity index is 2.24. The zero-order valence-corrected chi connectivity index (χ0v) is 13.9. The van der Waals surface area contributed by atoms with Crippen LogP contribution in [-0.4, -0.2) is 29.2 Å². The number of carboxylic acids is 1. The lowest BCUT2D eigenvalue weighted by Gasteiger charge is -2.08. The van der Waals surface area contributed by atoms with Gasteiger partial charge >= 0.3 is 0 Å². The fraction of sp³-hybridized carbons (Fsp3) is 0.0625. The predicted molar refractivity (Wildman–Crippen MR) is 87.6 cm³/mol. The van der Waals surface area contributed by atoms with Gasteiger partial charge in [-0.3, -0.25) is 9.67 Å². The molecule has 0 saturated carbocycles. The topological polar surface area (TPSA) is 131 Å². The summed E-state index contributed by atoms with van der Waals surface area (Å²) in [5, 5.41) is 20.9. The molecule has 0 saturated heterocycles. The second-order valence-corrected chi connectivity index (χ2v) is 6.85. The fourth-order valence-corrected chi connectivity index (χ4v) is 3.07. The first-order chi connectivity index (χ1) is 11.8. The molecule has 0 aliphatic carbocycles. The van der Waals surface area contributed by atoms with E-state index < -0.39 is 16.0 Å². The molecule has 3 aromatic rings. The van der Waals surface area contributed by atoms with Crippen molar-refractivity contribution in [2.24, 2.45) is 12.2 Å². The van der Waals surface area contributed by atoms with Crippen LogP contribution in [0.3, 0.4) is 0 Å². The molecular weight excluding hydrogens is 344 g/mol. The minimum absolute atomic E-state index is 0.0437. The number of aryl methyl sites for hydroxylation is 1. The zero-order chi connectivity index (χ0) is 18.2. The van der Waals surface area contributed by atoms with Gasteiger partial charge in [0.25, 0.3) is 0 Å². The predicted octanol–water partition coefficient (Wildman–Crippen LogP) is 0.160. The molecule has 1 aromatic carbocycles. The molecule has 0 amide bonds. The molecule has 3 rings (SSSR count). The van der Waals surface area contributed by atoms with E-state index in [-0.39, 0.29) is 10.6 Å². The van der Waals surface area contributed by atoms with Crippen LogP contribution in [-0.2, 0) is 17.1 Å². The van der Waals surface area contributed by atoms with Crippen LogP contribution in [0, 0.1) is 0 Å². The summed E-state index contributed by atoms with van der Waals surface area (Å²) in [5.74, 6) is -1.37. The molecule has 2 N–H and O–H groups in total. The molecule has 25 heavy (non-hydrogen) atoms. The number of carbonyl (C=O) groups is 1. The molecule has 0 aliphatic rings. The van der Waals surface area contributed by atoms with E-state index in [1.54, 1.807) is 12.1 Å². The van der Waals surface area contributed by atoms with Gasteiger partial charge in [0.1, 0.15) is 5.69 Å². The highest BCUT2D eigenvalue weighted by Gasteiger charge is 2.20. The number of pyridine rings is 1. The number of nitrogens with two attached hydrogens (primary N) is 1. The number of hydrogen-bond acceptors (Lipinski definition) is 6. The number of sulfonamides is 1. The van der Waals surface area contributed by atoms with Crippen LogP contribution in [0.15, 0.2) is 53.7 Å². The van der Waals surface area contributed by atoms with E-state index in [9.17, 15) is 18.3 Å². The van der Waals surface area contributed by atoms with E-state index >= 15 is 0 Å². The number of nitrogens with zero attached hydrogens (tertiary/aromatic N) is 3. The van der Waals surface area contributed by atoms with Gasteiger partial charge in [-0.2, -0.15) is 5.10 Å². The first-order valence-corrected chi connectivity index (χ1v) is 8.65. The maximum atomic E-state index is 11.6. The Labute approximate surface area is 143 Å². The molecule has 2 heterocycles. The Bertz CT molecular complexity index is 1040. The van der Waals surface area contributed by atoms with Gasteiger partial charge in [-0.05, 0) is 29.8 Å². The van der Waals surface area contributed by atoms with Gasteiger partial charge in [0, 0.05) is 30.6 Å². The Morgan fingerprint density at radius 2 is 1.68 bits per heavy atom. The summed E-state index contributed by atoms with van der Waals surface area (Å²) in [6, 6.07) is 9.04. The summed E-state index contributed by atoms with van der Waals surface area (Å²) < 4.78 is 24.0. The Morgan fingerprint density at radius 3 is 2.20 bits per heavy atom. The lowest BCUT2D eigenvalue weighted by atomic mass is 10.00. The lowest BCUT2D eigenvalue weighted by Crippen LogP contribution is -2.25. The molecule has 0 aliphatic heterocycles. The van der Waals surface area contributed by atoms with Gasteiger partial charge < -0.3 is 9.90 Å². The van der Waals surface area contributed by atoms with Crippen LogP contribution < -0.4 is 10.2 Å². The van der Waals surface area contributed by atoms with Crippen LogP contribution in [0.5, 0.6) is 0 Å². The molecule has 8 nitrogen and oxygen atoms in total. The maximum Gasteiger partial charge on any atom is 0.238 e. The van der Waals surface area contributed by atoms with Crippen molar-refractivity contribution < 1.29 is 18.3 Å². The van der Waals surface area contributed by atoms with E-state index in [4.69, 9.17) is 5.14 Å². The summed E-state index contributed by atoms with van der Waals surface area (Å²) in [7, 11) is -2.32. The highest BCUT2D eigenvalue weighted by molar-refractivity contribution is 7.89. The largest absolute Gasteiger partial charge is 0.543 e. The molecular formula is C16H13N4O4S-. The molecule has 0 fully saturated rings. The lowest BCUT2D eigenvalue weighted by molar-refractivity contribution is -0.255. The van der Waals surface area contributed by atoms with Gasteiger partial charge in [-0.25, -0.2) is 13.6 Å². The Hall–Kier alpha value is -3.04. The number of benzene rings is 1. The van der Waals surface area contributed by atoms with Crippen molar-refractivity contribution in [1.29, 1.82) is 0 Å². The van der Waals surface area contributed by atoms with Crippen molar-refractivity contribution in [2.75, 3.05) is 0 Å². The van der Waals surface area contributed by atoms with Crippen molar-refractivity contribution in [3.63, 3.8) is 0 Å². The van der Waals surface area contributed by atoms with Crippen LogP contribution in [0.1, 0.15) is 10.5 Å². The van der Waals surface area contributed by atoms with E-state index in [2.05, 4.69) is 10.1 Å². The number of aromatic carboxylic acids is 1. The minimum atomic E-state index is -3.82. The average molecular weight is 357 g/mol. The highest BCUT2D eigenvalue weighted by atomic mass is 32.2. The van der Waals surface area contributed by atoms with Crippen molar-refractivity contribution >= 4 is 16.0 Å². The number of carbonyl (C=O) groups excluding carboxylic acids is 1. The second-order valence-electron chi connectivity index (χ2n) is 5.29. The SMILES string of the molecule is Cn1nc(-c2ccc(S(N)(=O)=O)cc2)c(-c2ccncc2)c1C(=O)[O-]. The first kappa shape index (κ1) is 16.8. The molecule has 0 bridgehead atoms. The smallest absolute Gasteiger partial charge is 0.238 e. The van der Waals surface area contributed by atoms with E-state index in [1.165, 1.54) is 48.4 Å². The molecule has 0 atom stereocenters. The third-order valence-corrected chi connectivity index (χ3v) is 4.60. The Kier molecular flexibility index (Phi) is 4.11. The van der Waals surface area contributed by atoms with Gasteiger partial charge in [0.2, 0.25) is 10.0 Å². The fourth-order valence-electron chi connectivity index (χ4n) is 2.55. The third kappa shape index (κ3) is 3.14.